The van der Waals surface area contributed by atoms with Crippen LogP contribution in [-0.4, -0.2) is 24.5 Å². The lowest BCUT2D eigenvalue weighted by molar-refractivity contribution is -0.121. The molecule has 0 bridgehead atoms. The van der Waals surface area contributed by atoms with E-state index in [0.717, 1.165) is 25.3 Å². The first-order valence-electron chi connectivity index (χ1n) is 7.65. The van der Waals surface area contributed by atoms with Crippen molar-refractivity contribution in [2.45, 2.75) is 64.3 Å². The van der Waals surface area contributed by atoms with Crippen molar-refractivity contribution in [3.63, 3.8) is 0 Å². The number of carbonyl (C=O) groups is 1. The fourth-order valence-electron chi connectivity index (χ4n) is 2.76. The van der Waals surface area contributed by atoms with E-state index < -0.39 is 5.54 Å². The smallest absolute Gasteiger partial charge is 0.235 e. The highest BCUT2D eigenvalue weighted by atomic mass is 16.2. The summed E-state index contributed by atoms with van der Waals surface area (Å²) in [6.45, 7) is 5.35. The van der Waals surface area contributed by atoms with E-state index in [1.165, 1.54) is 32.1 Å². The summed E-state index contributed by atoms with van der Waals surface area (Å²) in [6.07, 6.45) is 13.7. The predicted octanol–water partition coefficient (Wildman–Crippen LogP) is 2.46. The molecule has 1 amide bonds. The van der Waals surface area contributed by atoms with Gasteiger partial charge >= 0.3 is 0 Å². The van der Waals surface area contributed by atoms with Crippen molar-refractivity contribution in [2.24, 2.45) is 5.92 Å². The average molecular weight is 264 g/mol. The Kier molecular flexibility index (Phi) is 6.94. The van der Waals surface area contributed by atoms with E-state index in [1.54, 1.807) is 0 Å². The molecule has 0 radical (unpaired) electrons. The second-order valence-electron chi connectivity index (χ2n) is 5.62. The van der Waals surface area contributed by atoms with Crippen molar-refractivity contribution in [3.8, 4) is 12.3 Å². The van der Waals surface area contributed by atoms with Gasteiger partial charge in [0.1, 0.15) is 5.54 Å². The molecule has 0 spiro atoms. The molecule has 1 aliphatic rings. The highest BCUT2D eigenvalue weighted by molar-refractivity contribution is 5.79. The highest BCUT2D eigenvalue weighted by Crippen LogP contribution is 2.22. The number of hydrogen-bond acceptors (Lipinski definition) is 2. The Hall–Kier alpha value is -1.01. The fraction of sp³-hybridized carbons (Fsp3) is 0.812. The number of nitrogens with one attached hydrogen (secondary N) is 2. The molecule has 0 aromatic carbocycles. The van der Waals surface area contributed by atoms with Crippen LogP contribution < -0.4 is 10.6 Å². The van der Waals surface area contributed by atoms with Gasteiger partial charge in [0.25, 0.3) is 0 Å². The highest BCUT2D eigenvalue weighted by Gasteiger charge is 2.25. The van der Waals surface area contributed by atoms with E-state index in [0.29, 0.717) is 6.54 Å². The molecular weight excluding hydrogens is 236 g/mol. The Balaban J connectivity index is 2.25. The molecule has 3 nitrogen and oxygen atoms in total. The summed E-state index contributed by atoms with van der Waals surface area (Å²) in [5.41, 5.74) is -0.469. The normalized spacial score (nSPS) is 16.9. The molecule has 1 fully saturated rings. The summed E-state index contributed by atoms with van der Waals surface area (Å²) in [5.74, 6) is 3.48. The van der Waals surface area contributed by atoms with E-state index >= 15 is 0 Å². The van der Waals surface area contributed by atoms with Crippen molar-refractivity contribution in [3.05, 3.63) is 0 Å². The van der Waals surface area contributed by atoms with Gasteiger partial charge in [0, 0.05) is 0 Å². The Labute approximate surface area is 117 Å². The summed E-state index contributed by atoms with van der Waals surface area (Å²) in [5, 5.41) is 6.25. The van der Waals surface area contributed by atoms with Gasteiger partial charge in [-0.3, -0.25) is 4.79 Å². The standard InChI is InChI=1S/C16H28N2O/c1-4-16(5-2,6-3)18-15(19)13-17-12-14-10-8-7-9-11-14/h1,14,17H,5-13H2,2-3H3,(H,18,19). The van der Waals surface area contributed by atoms with E-state index in [2.05, 4.69) is 16.6 Å². The molecule has 1 rings (SSSR count). The summed E-state index contributed by atoms with van der Waals surface area (Å²) in [6, 6.07) is 0. The molecule has 2 N–H and O–H groups in total. The summed E-state index contributed by atoms with van der Waals surface area (Å²) in [7, 11) is 0. The Bertz CT molecular complexity index is 309. The average Bonchev–Trinajstić information content (AvgIpc) is 2.46. The molecule has 1 saturated carbocycles. The monoisotopic (exact) mass is 264 g/mol. The topological polar surface area (TPSA) is 41.1 Å². The number of hydrogen-bond donors (Lipinski definition) is 2. The van der Waals surface area contributed by atoms with Gasteiger partial charge in [-0.25, -0.2) is 0 Å². The number of carbonyl (C=O) groups excluding carboxylic acids is 1. The van der Waals surface area contributed by atoms with Crippen molar-refractivity contribution in [1.82, 2.24) is 10.6 Å². The van der Waals surface area contributed by atoms with Gasteiger partial charge in [0.2, 0.25) is 5.91 Å². The summed E-state index contributed by atoms with van der Waals surface area (Å²) >= 11 is 0. The minimum atomic E-state index is -0.469. The van der Waals surface area contributed by atoms with E-state index in [4.69, 9.17) is 6.42 Å². The third-order valence-electron chi connectivity index (χ3n) is 4.31. The minimum absolute atomic E-state index is 0.0115. The molecule has 0 aromatic heterocycles. The molecule has 0 aliphatic heterocycles. The van der Waals surface area contributed by atoms with Crippen LogP contribution in [0.4, 0.5) is 0 Å². The van der Waals surface area contributed by atoms with E-state index in [1.807, 2.05) is 13.8 Å². The quantitative estimate of drug-likeness (QED) is 0.694. The zero-order chi connectivity index (χ0) is 14.1. The third-order valence-corrected chi connectivity index (χ3v) is 4.31. The second-order valence-corrected chi connectivity index (χ2v) is 5.62. The lowest BCUT2D eigenvalue weighted by Crippen LogP contribution is -2.49. The number of terminal acetylenes is 1. The maximum atomic E-state index is 11.9. The van der Waals surface area contributed by atoms with E-state index in [-0.39, 0.29) is 5.91 Å². The lowest BCUT2D eigenvalue weighted by atomic mass is 9.89. The molecule has 1 aliphatic carbocycles. The first-order valence-corrected chi connectivity index (χ1v) is 7.65. The lowest BCUT2D eigenvalue weighted by Gasteiger charge is -2.27. The SMILES string of the molecule is C#CC(CC)(CC)NC(=O)CNCC1CCCCC1. The first-order chi connectivity index (χ1) is 9.15. The van der Waals surface area contributed by atoms with Crippen LogP contribution in [0.5, 0.6) is 0 Å². The first kappa shape index (κ1) is 16.0. The Morgan fingerprint density at radius 1 is 1.26 bits per heavy atom. The molecule has 0 saturated heterocycles. The van der Waals surface area contributed by atoms with Crippen molar-refractivity contribution in [1.29, 1.82) is 0 Å². The van der Waals surface area contributed by atoms with Gasteiger partial charge in [-0.1, -0.05) is 39.0 Å². The molecule has 0 atom stereocenters. The van der Waals surface area contributed by atoms with Crippen molar-refractivity contribution >= 4 is 5.91 Å². The summed E-state index contributed by atoms with van der Waals surface area (Å²) in [4.78, 5) is 11.9. The van der Waals surface area contributed by atoms with Crippen LogP contribution in [0.1, 0.15) is 58.8 Å². The van der Waals surface area contributed by atoms with Gasteiger partial charge < -0.3 is 10.6 Å². The molecule has 19 heavy (non-hydrogen) atoms. The van der Waals surface area contributed by atoms with Crippen LogP contribution in [0.3, 0.4) is 0 Å². The number of amides is 1. The largest absolute Gasteiger partial charge is 0.339 e. The van der Waals surface area contributed by atoms with Crippen LogP contribution >= 0.6 is 0 Å². The molecule has 3 heteroatoms. The second kappa shape index (κ2) is 8.22. The molecule has 0 unspecified atom stereocenters. The molecule has 0 aromatic rings. The zero-order valence-electron chi connectivity index (χ0n) is 12.4. The fourth-order valence-corrected chi connectivity index (χ4v) is 2.76. The van der Waals surface area contributed by atoms with Gasteiger partial charge in [0.05, 0.1) is 6.54 Å². The van der Waals surface area contributed by atoms with Crippen LogP contribution in [0, 0.1) is 18.3 Å². The molecular formula is C16H28N2O. The minimum Gasteiger partial charge on any atom is -0.339 e. The molecule has 0 heterocycles. The summed E-state index contributed by atoms with van der Waals surface area (Å²) < 4.78 is 0. The predicted molar refractivity (Wildman–Crippen MR) is 79.7 cm³/mol. The Morgan fingerprint density at radius 3 is 2.42 bits per heavy atom. The maximum absolute atomic E-state index is 11.9. The van der Waals surface area contributed by atoms with Crippen LogP contribution in [0.25, 0.3) is 0 Å². The number of rotatable bonds is 7. The van der Waals surface area contributed by atoms with Gasteiger partial charge in [0.15, 0.2) is 0 Å². The van der Waals surface area contributed by atoms with Gasteiger partial charge in [-0.15, -0.1) is 6.42 Å². The van der Waals surface area contributed by atoms with Crippen molar-refractivity contribution in [2.75, 3.05) is 13.1 Å². The van der Waals surface area contributed by atoms with Gasteiger partial charge in [-0.2, -0.15) is 0 Å². The van der Waals surface area contributed by atoms with Crippen molar-refractivity contribution < 1.29 is 4.79 Å². The van der Waals surface area contributed by atoms with Crippen LogP contribution in [0.15, 0.2) is 0 Å². The van der Waals surface area contributed by atoms with Crippen LogP contribution in [-0.2, 0) is 4.79 Å². The van der Waals surface area contributed by atoms with Crippen LogP contribution in [0.2, 0.25) is 0 Å². The van der Waals surface area contributed by atoms with E-state index in [9.17, 15) is 4.79 Å². The Morgan fingerprint density at radius 2 is 1.89 bits per heavy atom. The molecule has 108 valence electrons. The third kappa shape index (κ3) is 5.24. The maximum Gasteiger partial charge on any atom is 0.235 e. The van der Waals surface area contributed by atoms with Gasteiger partial charge in [-0.05, 0) is 38.1 Å². The zero-order valence-corrected chi connectivity index (χ0v) is 12.4.